The molecule has 0 aliphatic carbocycles. The van der Waals surface area contributed by atoms with Crippen molar-refractivity contribution in [3.8, 4) is 11.5 Å². The van der Waals surface area contributed by atoms with Crippen LogP contribution in [-0.4, -0.2) is 47.6 Å². The fourth-order valence-corrected chi connectivity index (χ4v) is 5.71. The second-order valence-electron chi connectivity index (χ2n) is 9.03. The predicted octanol–water partition coefficient (Wildman–Crippen LogP) is 4.59. The van der Waals surface area contributed by atoms with Crippen LogP contribution in [0.3, 0.4) is 0 Å². The van der Waals surface area contributed by atoms with E-state index in [9.17, 15) is 19.5 Å². The molecule has 1 aromatic heterocycles. The van der Waals surface area contributed by atoms with Gasteiger partial charge < -0.3 is 19.3 Å². The Bertz CT molecular complexity index is 1470. The SMILES string of the molecule is CCOC(=O)c1sc(N2C(=O)C(=O)/C(=C(/O)c3ccc4c(c3)C[C@@H](C)O4)[C@H]2c2ccc(OC)cc2)nc1C. The highest BCUT2D eigenvalue weighted by atomic mass is 32.1. The summed E-state index contributed by atoms with van der Waals surface area (Å²) in [4.78, 5) is 45.2. The number of carbonyl (C=O) groups is 3. The minimum Gasteiger partial charge on any atom is -0.507 e. The summed E-state index contributed by atoms with van der Waals surface area (Å²) in [6.07, 6.45) is 0.677. The van der Waals surface area contributed by atoms with Crippen LogP contribution in [0.2, 0.25) is 0 Å². The van der Waals surface area contributed by atoms with Gasteiger partial charge in [-0.25, -0.2) is 9.78 Å². The van der Waals surface area contributed by atoms with Crippen molar-refractivity contribution in [2.75, 3.05) is 18.6 Å². The van der Waals surface area contributed by atoms with Gasteiger partial charge in [-0.2, -0.15) is 0 Å². The highest BCUT2D eigenvalue weighted by Crippen LogP contribution is 2.44. The third-order valence-corrected chi connectivity index (χ3v) is 7.63. The minimum atomic E-state index is -0.982. The van der Waals surface area contributed by atoms with Crippen LogP contribution in [0.25, 0.3) is 5.76 Å². The molecule has 9 nitrogen and oxygen atoms in total. The molecule has 2 atom stereocenters. The lowest BCUT2D eigenvalue weighted by atomic mass is 9.94. The smallest absolute Gasteiger partial charge is 0.350 e. The molecule has 3 heterocycles. The Balaban J connectivity index is 1.66. The van der Waals surface area contributed by atoms with Gasteiger partial charge in [0.1, 0.15) is 28.2 Å². The Labute approximate surface area is 223 Å². The van der Waals surface area contributed by atoms with E-state index in [1.807, 2.05) is 6.92 Å². The number of aliphatic hydroxyl groups excluding tert-OH is 1. The predicted molar refractivity (Wildman–Crippen MR) is 141 cm³/mol. The van der Waals surface area contributed by atoms with Crippen molar-refractivity contribution in [1.29, 1.82) is 0 Å². The van der Waals surface area contributed by atoms with Crippen LogP contribution in [0.15, 0.2) is 48.0 Å². The first-order valence-corrected chi connectivity index (χ1v) is 12.9. The molecule has 0 saturated carbocycles. The van der Waals surface area contributed by atoms with Gasteiger partial charge in [0.15, 0.2) is 5.13 Å². The number of thiazole rings is 1. The normalized spacial score (nSPS) is 19.8. The fourth-order valence-electron chi connectivity index (χ4n) is 4.73. The number of aryl methyl sites for hydroxylation is 1. The van der Waals surface area contributed by atoms with Gasteiger partial charge in [0.25, 0.3) is 5.78 Å². The zero-order valence-electron chi connectivity index (χ0n) is 21.3. The first-order valence-electron chi connectivity index (χ1n) is 12.1. The van der Waals surface area contributed by atoms with Crippen molar-refractivity contribution in [2.45, 2.75) is 39.3 Å². The van der Waals surface area contributed by atoms with Gasteiger partial charge in [-0.05, 0) is 62.2 Å². The number of benzene rings is 2. The van der Waals surface area contributed by atoms with Crippen LogP contribution < -0.4 is 14.4 Å². The summed E-state index contributed by atoms with van der Waals surface area (Å²) in [6.45, 7) is 5.48. The molecule has 5 rings (SSSR count). The standard InChI is InChI=1S/C28H26N2O7S/c1-5-36-27(34)25-15(3)29-28(38-25)30-22(16-6-9-19(35-4)10-7-16)21(24(32)26(30)33)23(31)17-8-11-20-18(13-17)12-14(2)37-20/h6-11,13-14,22,31H,5,12H2,1-4H3/b23-21+/t14-,22-/m1/s1. The number of anilines is 1. The molecule has 2 aromatic carbocycles. The number of ether oxygens (including phenoxy) is 3. The number of fused-ring (bicyclic) bond motifs is 1. The number of hydrogen-bond acceptors (Lipinski definition) is 9. The number of Topliss-reactive ketones (excluding diaryl/α,β-unsaturated/α-hetero) is 1. The fraction of sp³-hybridized carbons (Fsp3) is 0.286. The van der Waals surface area contributed by atoms with E-state index in [4.69, 9.17) is 14.2 Å². The zero-order chi connectivity index (χ0) is 27.1. The van der Waals surface area contributed by atoms with Crippen molar-refractivity contribution in [2.24, 2.45) is 0 Å². The number of rotatable bonds is 6. The van der Waals surface area contributed by atoms with E-state index in [0.717, 1.165) is 22.6 Å². The second-order valence-corrected chi connectivity index (χ2v) is 10.0. The van der Waals surface area contributed by atoms with Gasteiger partial charge in [-0.1, -0.05) is 23.5 Å². The zero-order valence-corrected chi connectivity index (χ0v) is 22.1. The molecule has 38 heavy (non-hydrogen) atoms. The molecule has 196 valence electrons. The van der Waals surface area contributed by atoms with Crippen molar-refractivity contribution in [3.63, 3.8) is 0 Å². The van der Waals surface area contributed by atoms with E-state index in [1.165, 1.54) is 12.0 Å². The average molecular weight is 535 g/mol. The Morgan fingerprint density at radius 1 is 1.21 bits per heavy atom. The number of carbonyl (C=O) groups excluding carboxylic acids is 3. The summed E-state index contributed by atoms with van der Waals surface area (Å²) in [7, 11) is 1.54. The Hall–Kier alpha value is -4.18. The number of amides is 1. The lowest BCUT2D eigenvalue weighted by molar-refractivity contribution is -0.132. The molecule has 1 saturated heterocycles. The summed E-state index contributed by atoms with van der Waals surface area (Å²) in [5.41, 5.74) is 2.19. The molecule has 1 fully saturated rings. The summed E-state index contributed by atoms with van der Waals surface area (Å²) in [5, 5.41) is 11.6. The molecule has 2 aliphatic rings. The van der Waals surface area contributed by atoms with E-state index in [0.29, 0.717) is 29.0 Å². The highest BCUT2D eigenvalue weighted by molar-refractivity contribution is 7.17. The van der Waals surface area contributed by atoms with Crippen LogP contribution >= 0.6 is 11.3 Å². The monoisotopic (exact) mass is 534 g/mol. The quantitative estimate of drug-likeness (QED) is 0.211. The third kappa shape index (κ3) is 4.30. The molecule has 3 aromatic rings. The lowest BCUT2D eigenvalue weighted by Gasteiger charge is -2.23. The average Bonchev–Trinajstić information content (AvgIpc) is 3.55. The number of nitrogens with zero attached hydrogens (tertiary/aromatic N) is 2. The van der Waals surface area contributed by atoms with Gasteiger partial charge >= 0.3 is 11.9 Å². The molecule has 1 N–H and O–H groups in total. The molecule has 1 amide bonds. The summed E-state index contributed by atoms with van der Waals surface area (Å²) in [6, 6.07) is 11.1. The van der Waals surface area contributed by atoms with Gasteiger partial charge in [-0.15, -0.1) is 0 Å². The van der Waals surface area contributed by atoms with E-state index in [1.54, 1.807) is 56.3 Å². The Morgan fingerprint density at radius 2 is 1.95 bits per heavy atom. The molecule has 0 spiro atoms. The van der Waals surface area contributed by atoms with E-state index in [-0.39, 0.29) is 34.1 Å². The first kappa shape index (κ1) is 25.5. The Morgan fingerprint density at radius 3 is 2.63 bits per heavy atom. The summed E-state index contributed by atoms with van der Waals surface area (Å²) < 4.78 is 16.1. The van der Waals surface area contributed by atoms with E-state index in [2.05, 4.69) is 4.98 Å². The van der Waals surface area contributed by atoms with Gasteiger partial charge in [0.05, 0.1) is 31.0 Å². The van der Waals surface area contributed by atoms with Crippen LogP contribution in [-0.2, 0) is 20.7 Å². The number of aliphatic hydroxyl groups is 1. The number of aromatic nitrogens is 1. The minimum absolute atomic E-state index is 0.00834. The number of methoxy groups -OCH3 is 1. The van der Waals surface area contributed by atoms with Gasteiger partial charge in [0, 0.05) is 12.0 Å². The third-order valence-electron chi connectivity index (χ3n) is 6.50. The maximum Gasteiger partial charge on any atom is 0.350 e. The van der Waals surface area contributed by atoms with Crippen LogP contribution in [0, 0.1) is 6.92 Å². The van der Waals surface area contributed by atoms with Crippen molar-refractivity contribution < 1.29 is 33.7 Å². The Kier molecular flexibility index (Phi) is 6.66. The van der Waals surface area contributed by atoms with Crippen LogP contribution in [0.5, 0.6) is 11.5 Å². The highest BCUT2D eigenvalue weighted by Gasteiger charge is 2.48. The molecular formula is C28H26N2O7S. The van der Waals surface area contributed by atoms with Crippen LogP contribution in [0.4, 0.5) is 5.13 Å². The largest absolute Gasteiger partial charge is 0.507 e. The summed E-state index contributed by atoms with van der Waals surface area (Å²) in [5.74, 6) is -1.23. The van der Waals surface area contributed by atoms with Crippen LogP contribution in [0.1, 0.15) is 51.9 Å². The molecule has 10 heteroatoms. The van der Waals surface area contributed by atoms with E-state index >= 15 is 0 Å². The van der Waals surface area contributed by atoms with Gasteiger partial charge in [-0.3, -0.25) is 14.5 Å². The van der Waals surface area contributed by atoms with E-state index < -0.39 is 23.7 Å². The second kappa shape index (κ2) is 9.94. The van der Waals surface area contributed by atoms with Crippen molar-refractivity contribution in [1.82, 2.24) is 4.98 Å². The van der Waals surface area contributed by atoms with Gasteiger partial charge in [0.2, 0.25) is 0 Å². The lowest BCUT2D eigenvalue weighted by Crippen LogP contribution is -2.29. The number of hydrogen-bond donors (Lipinski definition) is 1. The topological polar surface area (TPSA) is 115 Å². The maximum absolute atomic E-state index is 13.5. The first-order chi connectivity index (χ1) is 18.2. The van der Waals surface area contributed by atoms with Crippen molar-refractivity contribution in [3.05, 3.63) is 75.3 Å². The van der Waals surface area contributed by atoms with Crippen molar-refractivity contribution >= 4 is 39.9 Å². The maximum atomic E-state index is 13.5. The molecule has 0 unspecified atom stereocenters. The molecular weight excluding hydrogens is 508 g/mol. The molecule has 0 bridgehead atoms. The summed E-state index contributed by atoms with van der Waals surface area (Å²) >= 11 is 0.965. The number of esters is 1. The molecule has 2 aliphatic heterocycles. The molecule has 0 radical (unpaired) electrons. The number of ketones is 1.